The zero-order valence-corrected chi connectivity index (χ0v) is 9.18. The Hall–Kier alpha value is -0.480. The van der Waals surface area contributed by atoms with Gasteiger partial charge in [0, 0.05) is 6.54 Å². The lowest BCUT2D eigenvalue weighted by atomic mass is 10.2. The lowest BCUT2D eigenvalue weighted by molar-refractivity contribution is -0.148. The second kappa shape index (κ2) is 3.95. The van der Waals surface area contributed by atoms with Gasteiger partial charge in [0.05, 0.1) is 0 Å². The predicted molar refractivity (Wildman–Crippen MR) is 52.5 cm³/mol. The van der Waals surface area contributed by atoms with Crippen LogP contribution in [0.1, 0.15) is 19.8 Å². The number of halogens is 2. The molecule has 80 valence electrons. The second-order valence-electron chi connectivity index (χ2n) is 3.38. The maximum absolute atomic E-state index is 11.6. The first-order chi connectivity index (χ1) is 6.34. The Labute approximate surface area is 91.8 Å². The molecule has 0 bridgehead atoms. The van der Waals surface area contributed by atoms with Crippen molar-refractivity contribution < 1.29 is 14.7 Å². The molecule has 1 N–H and O–H groups in total. The molecule has 6 heteroatoms. The summed E-state index contributed by atoms with van der Waals surface area (Å²) in [5.74, 6) is -1.54. The van der Waals surface area contributed by atoms with E-state index in [0.29, 0.717) is 19.4 Å². The van der Waals surface area contributed by atoms with Gasteiger partial charge in [-0.2, -0.15) is 0 Å². The predicted octanol–water partition coefficient (Wildman–Crippen LogP) is 1.26. The summed E-state index contributed by atoms with van der Waals surface area (Å²) in [4.78, 5) is 23.6. The van der Waals surface area contributed by atoms with E-state index in [-0.39, 0.29) is 0 Å². The molecule has 4 nitrogen and oxygen atoms in total. The number of rotatable bonds is 2. The Balaban J connectivity index is 2.77. The summed E-state index contributed by atoms with van der Waals surface area (Å²) >= 11 is 11.2. The molecule has 0 aromatic carbocycles. The number of amides is 1. The molecule has 1 saturated heterocycles. The molecule has 1 heterocycles. The fourth-order valence-electron chi connectivity index (χ4n) is 1.52. The van der Waals surface area contributed by atoms with Gasteiger partial charge in [0.1, 0.15) is 6.04 Å². The lowest BCUT2D eigenvalue weighted by Gasteiger charge is -2.25. The third-order valence-corrected chi connectivity index (χ3v) is 2.50. The van der Waals surface area contributed by atoms with Crippen molar-refractivity contribution >= 4 is 35.1 Å². The van der Waals surface area contributed by atoms with Gasteiger partial charge in [0.2, 0.25) is 0 Å². The van der Waals surface area contributed by atoms with Crippen LogP contribution in [0, 0.1) is 0 Å². The molecule has 1 aliphatic heterocycles. The van der Waals surface area contributed by atoms with Gasteiger partial charge in [-0.25, -0.2) is 4.79 Å². The van der Waals surface area contributed by atoms with Gasteiger partial charge in [0.25, 0.3) is 5.91 Å². The van der Waals surface area contributed by atoms with Crippen LogP contribution in [-0.2, 0) is 9.59 Å². The van der Waals surface area contributed by atoms with Gasteiger partial charge in [-0.05, 0) is 19.8 Å². The van der Waals surface area contributed by atoms with Gasteiger partial charge < -0.3 is 10.0 Å². The molecule has 1 aliphatic rings. The van der Waals surface area contributed by atoms with Crippen LogP contribution in [0.4, 0.5) is 0 Å². The first kappa shape index (κ1) is 11.6. The van der Waals surface area contributed by atoms with Crippen molar-refractivity contribution in [2.45, 2.75) is 30.1 Å². The first-order valence-corrected chi connectivity index (χ1v) is 5.01. The van der Waals surface area contributed by atoms with Crippen molar-refractivity contribution in [1.82, 2.24) is 4.90 Å². The summed E-state index contributed by atoms with van der Waals surface area (Å²) in [6.45, 7) is 1.75. The number of carboxylic acid groups (broad SMARTS) is 1. The highest BCUT2D eigenvalue weighted by Gasteiger charge is 2.40. The van der Waals surface area contributed by atoms with E-state index in [9.17, 15) is 9.59 Å². The van der Waals surface area contributed by atoms with Crippen LogP contribution in [0.15, 0.2) is 0 Å². The van der Waals surface area contributed by atoms with Crippen LogP contribution in [0.5, 0.6) is 0 Å². The Kier molecular flexibility index (Phi) is 3.27. The summed E-state index contributed by atoms with van der Waals surface area (Å²) in [5, 5.41) is 8.82. The summed E-state index contributed by atoms with van der Waals surface area (Å²) in [5.41, 5.74) is 0. The van der Waals surface area contributed by atoms with E-state index in [2.05, 4.69) is 0 Å². The number of alkyl halides is 2. The van der Waals surface area contributed by atoms with E-state index in [1.165, 1.54) is 11.8 Å². The maximum atomic E-state index is 11.6. The van der Waals surface area contributed by atoms with E-state index in [1.807, 2.05) is 0 Å². The molecule has 0 unspecified atom stereocenters. The zero-order chi connectivity index (χ0) is 10.9. The van der Waals surface area contributed by atoms with Crippen molar-refractivity contribution in [3.05, 3.63) is 0 Å². The van der Waals surface area contributed by atoms with Crippen LogP contribution < -0.4 is 0 Å². The van der Waals surface area contributed by atoms with Crippen LogP contribution in [0.25, 0.3) is 0 Å². The number of likely N-dealkylation sites (tertiary alicyclic amines) is 1. The number of carbonyl (C=O) groups excluding carboxylic acids is 1. The standard InChI is InChI=1S/C8H11Cl2NO3/c1-8(9,10)7(14)11-4-2-3-5(11)6(12)13/h5H,2-4H2,1H3,(H,12,13)/t5-/m0/s1. The number of carboxylic acids is 1. The van der Waals surface area contributed by atoms with Crippen molar-refractivity contribution in [1.29, 1.82) is 0 Å². The van der Waals surface area contributed by atoms with Gasteiger partial charge >= 0.3 is 5.97 Å². The SMILES string of the molecule is CC(Cl)(Cl)C(=O)N1CCC[C@H]1C(=O)O. The number of nitrogens with zero attached hydrogens (tertiary/aromatic N) is 1. The Morgan fingerprint density at radius 3 is 2.50 bits per heavy atom. The van der Waals surface area contributed by atoms with Gasteiger partial charge in [0.15, 0.2) is 4.33 Å². The molecule has 1 amide bonds. The monoisotopic (exact) mass is 239 g/mol. The van der Waals surface area contributed by atoms with Gasteiger partial charge in [-0.1, -0.05) is 23.2 Å². The molecule has 1 rings (SSSR count). The highest BCUT2D eigenvalue weighted by Crippen LogP contribution is 2.27. The van der Waals surface area contributed by atoms with Crippen molar-refractivity contribution in [2.75, 3.05) is 6.54 Å². The van der Waals surface area contributed by atoms with E-state index >= 15 is 0 Å². The summed E-state index contributed by atoms with van der Waals surface area (Å²) in [7, 11) is 0. The molecule has 0 aromatic heterocycles. The molecule has 0 radical (unpaired) electrons. The molecule has 1 atom stereocenters. The third kappa shape index (κ3) is 2.30. The van der Waals surface area contributed by atoms with Crippen LogP contribution in [0.3, 0.4) is 0 Å². The number of carbonyl (C=O) groups is 2. The Bertz CT molecular complexity index is 262. The highest BCUT2D eigenvalue weighted by atomic mass is 35.5. The fraction of sp³-hybridized carbons (Fsp3) is 0.750. The third-order valence-electron chi connectivity index (χ3n) is 2.17. The molecule has 1 fully saturated rings. The zero-order valence-electron chi connectivity index (χ0n) is 7.67. The molecule has 14 heavy (non-hydrogen) atoms. The topological polar surface area (TPSA) is 57.6 Å². The minimum Gasteiger partial charge on any atom is -0.480 e. The molecular weight excluding hydrogens is 229 g/mol. The largest absolute Gasteiger partial charge is 0.480 e. The van der Waals surface area contributed by atoms with E-state index in [1.54, 1.807) is 0 Å². The lowest BCUT2D eigenvalue weighted by Crippen LogP contribution is -2.46. The van der Waals surface area contributed by atoms with E-state index < -0.39 is 22.3 Å². The first-order valence-electron chi connectivity index (χ1n) is 4.25. The van der Waals surface area contributed by atoms with Crippen molar-refractivity contribution in [3.8, 4) is 0 Å². The minimum absolute atomic E-state index is 0.408. The van der Waals surface area contributed by atoms with Gasteiger partial charge in [-0.3, -0.25) is 4.79 Å². The van der Waals surface area contributed by atoms with Crippen LogP contribution >= 0.6 is 23.2 Å². The fourth-order valence-corrected chi connectivity index (χ4v) is 1.74. The smallest absolute Gasteiger partial charge is 0.326 e. The number of aliphatic carboxylic acids is 1. The molecular formula is C8H11Cl2NO3. The van der Waals surface area contributed by atoms with E-state index in [4.69, 9.17) is 28.3 Å². The molecule has 0 saturated carbocycles. The van der Waals surface area contributed by atoms with Crippen molar-refractivity contribution in [3.63, 3.8) is 0 Å². The quantitative estimate of drug-likeness (QED) is 0.739. The number of hydrogen-bond acceptors (Lipinski definition) is 2. The normalized spacial score (nSPS) is 22.5. The summed E-state index contributed by atoms with van der Waals surface area (Å²) < 4.78 is -1.54. The van der Waals surface area contributed by atoms with Crippen LogP contribution in [0.2, 0.25) is 0 Å². The summed E-state index contributed by atoms with van der Waals surface area (Å²) in [6, 6.07) is -0.778. The van der Waals surface area contributed by atoms with Crippen LogP contribution in [-0.4, -0.2) is 38.8 Å². The molecule has 0 aliphatic carbocycles. The Morgan fingerprint density at radius 2 is 2.07 bits per heavy atom. The Morgan fingerprint density at radius 1 is 1.50 bits per heavy atom. The maximum Gasteiger partial charge on any atom is 0.326 e. The number of hydrogen-bond donors (Lipinski definition) is 1. The second-order valence-corrected chi connectivity index (χ2v) is 5.09. The summed E-state index contributed by atoms with van der Waals surface area (Å²) in [6.07, 6.45) is 1.14. The van der Waals surface area contributed by atoms with E-state index in [0.717, 1.165) is 0 Å². The average Bonchev–Trinajstić information content (AvgIpc) is 2.48. The molecule has 0 spiro atoms. The van der Waals surface area contributed by atoms with Crippen molar-refractivity contribution in [2.24, 2.45) is 0 Å². The molecule has 0 aromatic rings. The highest BCUT2D eigenvalue weighted by molar-refractivity contribution is 6.57. The average molecular weight is 240 g/mol. The van der Waals surface area contributed by atoms with Gasteiger partial charge in [-0.15, -0.1) is 0 Å². The minimum atomic E-state index is -1.54.